The van der Waals surface area contributed by atoms with E-state index >= 15 is 0 Å². The number of aromatic nitrogens is 1. The molecule has 158 valence electrons. The first kappa shape index (κ1) is 21.5. The van der Waals surface area contributed by atoms with Crippen molar-refractivity contribution >= 4 is 17.3 Å². The Bertz CT molecular complexity index is 620. The van der Waals surface area contributed by atoms with E-state index in [1.165, 1.54) is 32.1 Å². The predicted octanol–water partition coefficient (Wildman–Crippen LogP) is 3.13. The van der Waals surface area contributed by atoms with Crippen molar-refractivity contribution in [1.82, 2.24) is 20.1 Å². The van der Waals surface area contributed by atoms with Gasteiger partial charge in [-0.2, -0.15) is 0 Å². The minimum Gasteiger partial charge on any atom is -0.379 e. The Kier molecular flexibility index (Phi) is 8.11. The maximum absolute atomic E-state index is 5.55. The van der Waals surface area contributed by atoms with Crippen LogP contribution in [0.25, 0.3) is 0 Å². The van der Waals surface area contributed by atoms with Gasteiger partial charge in [-0.3, -0.25) is 9.89 Å². The normalized spacial score (nSPS) is 20.9. The first-order chi connectivity index (χ1) is 13.6. The second-order valence-corrected chi connectivity index (χ2v) is 9.40. The Hall–Kier alpha value is -1.18. The standard InChI is InChI=1S/C21H37N5OS/c1-4-22-20(25(3)14-19-15-28-18(2)24-19)23-16-21(8-6-5-7-9-21)17-26-10-12-27-13-11-26/h15H,4-14,16-17H2,1-3H3,(H,22,23). The third-order valence-electron chi connectivity index (χ3n) is 5.90. The van der Waals surface area contributed by atoms with E-state index < -0.39 is 0 Å². The molecule has 0 unspecified atom stereocenters. The molecule has 2 heterocycles. The van der Waals surface area contributed by atoms with Crippen LogP contribution in [-0.2, 0) is 11.3 Å². The molecule has 1 aliphatic heterocycles. The number of ether oxygens (including phenoxy) is 1. The van der Waals surface area contributed by atoms with E-state index in [1.54, 1.807) is 11.3 Å². The van der Waals surface area contributed by atoms with E-state index in [0.717, 1.165) is 69.1 Å². The highest BCUT2D eigenvalue weighted by molar-refractivity contribution is 7.09. The number of rotatable bonds is 7. The van der Waals surface area contributed by atoms with Crippen LogP contribution >= 0.6 is 11.3 Å². The Labute approximate surface area is 174 Å². The second-order valence-electron chi connectivity index (χ2n) is 8.33. The fraction of sp³-hybridized carbons (Fsp3) is 0.810. The number of thiazole rings is 1. The predicted molar refractivity (Wildman–Crippen MR) is 117 cm³/mol. The molecule has 0 amide bonds. The third-order valence-corrected chi connectivity index (χ3v) is 6.73. The summed E-state index contributed by atoms with van der Waals surface area (Å²) in [5.74, 6) is 1.00. The van der Waals surface area contributed by atoms with Crippen molar-refractivity contribution in [2.24, 2.45) is 10.4 Å². The molecule has 0 radical (unpaired) electrons. The monoisotopic (exact) mass is 407 g/mol. The highest BCUT2D eigenvalue weighted by Crippen LogP contribution is 2.37. The van der Waals surface area contributed by atoms with Gasteiger partial charge in [0.05, 0.1) is 30.5 Å². The molecule has 7 heteroatoms. The lowest BCUT2D eigenvalue weighted by Gasteiger charge is -2.41. The number of aryl methyl sites for hydroxylation is 1. The van der Waals surface area contributed by atoms with Crippen LogP contribution in [0.2, 0.25) is 0 Å². The Morgan fingerprint density at radius 2 is 2.07 bits per heavy atom. The average molecular weight is 408 g/mol. The number of morpholine rings is 1. The quantitative estimate of drug-likeness (QED) is 0.556. The van der Waals surface area contributed by atoms with E-state index in [1.807, 2.05) is 0 Å². The molecule has 2 aliphatic rings. The molecule has 1 aromatic rings. The molecule has 0 atom stereocenters. The van der Waals surface area contributed by atoms with Crippen molar-refractivity contribution in [2.45, 2.75) is 52.5 Å². The van der Waals surface area contributed by atoms with E-state index in [0.29, 0.717) is 5.41 Å². The zero-order chi connectivity index (χ0) is 19.8. The molecule has 2 fully saturated rings. The lowest BCUT2D eigenvalue weighted by atomic mass is 9.73. The highest BCUT2D eigenvalue weighted by atomic mass is 32.1. The molecule has 6 nitrogen and oxygen atoms in total. The topological polar surface area (TPSA) is 53.0 Å². The summed E-state index contributed by atoms with van der Waals surface area (Å²) in [6.07, 6.45) is 6.64. The Morgan fingerprint density at radius 1 is 1.32 bits per heavy atom. The van der Waals surface area contributed by atoms with Crippen LogP contribution in [0.3, 0.4) is 0 Å². The van der Waals surface area contributed by atoms with Crippen molar-refractivity contribution in [1.29, 1.82) is 0 Å². The van der Waals surface area contributed by atoms with Gasteiger partial charge in [-0.15, -0.1) is 11.3 Å². The number of nitrogens with one attached hydrogen (secondary N) is 1. The van der Waals surface area contributed by atoms with Crippen LogP contribution in [0.15, 0.2) is 10.4 Å². The van der Waals surface area contributed by atoms with E-state index in [9.17, 15) is 0 Å². The fourth-order valence-corrected chi connectivity index (χ4v) is 5.02. The summed E-state index contributed by atoms with van der Waals surface area (Å²) in [6, 6.07) is 0. The van der Waals surface area contributed by atoms with Crippen molar-refractivity contribution in [3.8, 4) is 0 Å². The minimum atomic E-state index is 0.314. The van der Waals surface area contributed by atoms with Crippen LogP contribution in [0.1, 0.15) is 49.7 Å². The van der Waals surface area contributed by atoms with Crippen LogP contribution in [0.5, 0.6) is 0 Å². The number of hydrogen-bond donors (Lipinski definition) is 1. The van der Waals surface area contributed by atoms with E-state index in [-0.39, 0.29) is 0 Å². The van der Waals surface area contributed by atoms with E-state index in [4.69, 9.17) is 9.73 Å². The first-order valence-corrected chi connectivity index (χ1v) is 11.7. The summed E-state index contributed by atoms with van der Waals surface area (Å²) in [6.45, 7) is 11.8. The van der Waals surface area contributed by atoms with Gasteiger partial charge in [0.15, 0.2) is 5.96 Å². The van der Waals surface area contributed by atoms with Gasteiger partial charge >= 0.3 is 0 Å². The van der Waals surface area contributed by atoms with Gasteiger partial charge in [-0.25, -0.2) is 4.98 Å². The van der Waals surface area contributed by atoms with Crippen molar-refractivity contribution in [3.05, 3.63) is 16.1 Å². The van der Waals surface area contributed by atoms with Crippen LogP contribution in [-0.4, -0.2) is 73.7 Å². The summed E-state index contributed by atoms with van der Waals surface area (Å²) in [5.41, 5.74) is 1.44. The van der Waals surface area contributed by atoms with Crippen LogP contribution in [0, 0.1) is 12.3 Å². The van der Waals surface area contributed by atoms with Gasteiger partial charge in [0, 0.05) is 50.6 Å². The van der Waals surface area contributed by atoms with Crippen LogP contribution < -0.4 is 5.32 Å². The molecular weight excluding hydrogens is 370 g/mol. The molecule has 0 aromatic carbocycles. The lowest BCUT2D eigenvalue weighted by molar-refractivity contribution is 0.00933. The molecule has 0 spiro atoms. The zero-order valence-corrected chi connectivity index (χ0v) is 18.7. The second kappa shape index (κ2) is 10.6. The van der Waals surface area contributed by atoms with Crippen molar-refractivity contribution < 1.29 is 4.74 Å². The number of hydrogen-bond acceptors (Lipinski definition) is 5. The maximum atomic E-state index is 5.55. The third kappa shape index (κ3) is 6.16. The SMILES string of the molecule is CCNC(=NCC1(CN2CCOCC2)CCCCC1)N(C)Cc1csc(C)n1. The minimum absolute atomic E-state index is 0.314. The van der Waals surface area contributed by atoms with Gasteiger partial charge in [-0.1, -0.05) is 19.3 Å². The summed E-state index contributed by atoms with van der Waals surface area (Å²) in [7, 11) is 2.12. The Balaban J connectivity index is 1.67. The average Bonchev–Trinajstić information content (AvgIpc) is 3.11. The van der Waals surface area contributed by atoms with Crippen molar-refractivity contribution in [3.63, 3.8) is 0 Å². The van der Waals surface area contributed by atoms with Gasteiger partial charge in [0.2, 0.25) is 0 Å². The maximum Gasteiger partial charge on any atom is 0.194 e. The fourth-order valence-electron chi connectivity index (χ4n) is 4.41. The number of guanidine groups is 1. The molecule has 1 aromatic heterocycles. The number of aliphatic imine (C=N–C) groups is 1. The molecule has 1 saturated carbocycles. The van der Waals surface area contributed by atoms with Crippen LogP contribution in [0.4, 0.5) is 0 Å². The van der Waals surface area contributed by atoms with Crippen molar-refractivity contribution in [2.75, 3.05) is 53.0 Å². The first-order valence-electron chi connectivity index (χ1n) is 10.8. The summed E-state index contributed by atoms with van der Waals surface area (Å²) in [4.78, 5) is 14.5. The lowest BCUT2D eigenvalue weighted by Crippen LogP contribution is -2.46. The number of nitrogens with zero attached hydrogens (tertiary/aromatic N) is 4. The molecule has 28 heavy (non-hydrogen) atoms. The Morgan fingerprint density at radius 3 is 2.71 bits per heavy atom. The summed E-state index contributed by atoms with van der Waals surface area (Å²) < 4.78 is 5.55. The molecule has 3 rings (SSSR count). The zero-order valence-electron chi connectivity index (χ0n) is 17.9. The van der Waals surface area contributed by atoms with E-state index in [2.05, 4.69) is 46.4 Å². The molecular formula is C21H37N5OS. The van der Waals surface area contributed by atoms with Gasteiger partial charge in [-0.05, 0) is 26.7 Å². The molecule has 1 N–H and O–H groups in total. The van der Waals surface area contributed by atoms with Gasteiger partial charge in [0.25, 0.3) is 0 Å². The van der Waals surface area contributed by atoms with Gasteiger partial charge < -0.3 is 15.0 Å². The summed E-state index contributed by atoms with van der Waals surface area (Å²) in [5, 5.41) is 6.76. The largest absolute Gasteiger partial charge is 0.379 e. The molecule has 1 aliphatic carbocycles. The van der Waals surface area contributed by atoms with Gasteiger partial charge in [0.1, 0.15) is 0 Å². The smallest absolute Gasteiger partial charge is 0.194 e. The molecule has 0 bridgehead atoms. The summed E-state index contributed by atoms with van der Waals surface area (Å²) >= 11 is 1.71. The highest BCUT2D eigenvalue weighted by Gasteiger charge is 2.34. The molecule has 1 saturated heterocycles.